The summed E-state index contributed by atoms with van der Waals surface area (Å²) < 4.78 is 106. The molecular formula is C15H8F8N4O. The first-order valence-electron chi connectivity index (χ1n) is 7.32. The number of hydrogen-bond donors (Lipinski definition) is 0. The fourth-order valence-electron chi connectivity index (χ4n) is 2.05. The van der Waals surface area contributed by atoms with Crippen LogP contribution in [-0.2, 0) is 6.18 Å². The molecule has 0 fully saturated rings. The second-order valence-electron chi connectivity index (χ2n) is 5.54. The van der Waals surface area contributed by atoms with Crippen molar-refractivity contribution in [1.82, 2.24) is 19.4 Å². The third kappa shape index (κ3) is 3.97. The van der Waals surface area contributed by atoms with E-state index in [0.717, 1.165) is 30.7 Å². The summed E-state index contributed by atoms with van der Waals surface area (Å²) in [4.78, 5) is 11.3. The van der Waals surface area contributed by atoms with Gasteiger partial charge in [0.2, 0.25) is 5.88 Å². The Morgan fingerprint density at radius 2 is 1.64 bits per heavy atom. The number of pyridine rings is 1. The highest BCUT2D eigenvalue weighted by Gasteiger charge is 2.58. The summed E-state index contributed by atoms with van der Waals surface area (Å²) in [5.41, 5.74) is -0.777. The lowest BCUT2D eigenvalue weighted by Gasteiger charge is -2.19. The molecule has 0 N–H and O–H groups in total. The minimum Gasteiger partial charge on any atom is -0.470 e. The number of ether oxygens (including phenoxy) is 1. The van der Waals surface area contributed by atoms with Crippen molar-refractivity contribution < 1.29 is 39.9 Å². The lowest BCUT2D eigenvalue weighted by atomic mass is 10.2. The molecule has 0 amide bonds. The number of rotatable bonds is 4. The van der Waals surface area contributed by atoms with Crippen LogP contribution in [0.4, 0.5) is 35.1 Å². The van der Waals surface area contributed by atoms with E-state index in [9.17, 15) is 35.1 Å². The molecule has 3 heterocycles. The third-order valence-corrected chi connectivity index (χ3v) is 3.49. The highest BCUT2D eigenvalue weighted by molar-refractivity contribution is 5.58. The van der Waals surface area contributed by atoms with Crippen LogP contribution in [0.1, 0.15) is 5.56 Å². The maximum atomic E-state index is 12.8. The van der Waals surface area contributed by atoms with Crippen LogP contribution in [0.2, 0.25) is 0 Å². The Bertz CT molecular complexity index is 978. The number of alkyl halides is 8. The van der Waals surface area contributed by atoms with Crippen LogP contribution < -0.4 is 4.74 Å². The highest BCUT2D eigenvalue weighted by Crippen LogP contribution is 2.35. The number of imidazole rings is 1. The number of nitrogens with zero attached hydrogens (tertiary/aromatic N) is 4. The number of fused-ring (bicyclic) bond motifs is 1. The van der Waals surface area contributed by atoms with E-state index in [2.05, 4.69) is 19.7 Å². The molecular weight excluding hydrogens is 404 g/mol. The molecule has 13 heteroatoms. The van der Waals surface area contributed by atoms with E-state index < -0.39 is 36.3 Å². The van der Waals surface area contributed by atoms with Crippen molar-refractivity contribution >= 4 is 5.65 Å². The van der Waals surface area contributed by atoms with Crippen molar-refractivity contribution in [3.63, 3.8) is 0 Å². The van der Waals surface area contributed by atoms with E-state index in [-0.39, 0.29) is 17.0 Å². The predicted octanol–water partition coefficient (Wildman–Crippen LogP) is 4.39. The average molecular weight is 412 g/mol. The monoisotopic (exact) mass is 412 g/mol. The molecule has 0 aromatic carbocycles. The molecule has 0 saturated carbocycles. The number of aromatic nitrogens is 4. The zero-order valence-corrected chi connectivity index (χ0v) is 13.4. The second kappa shape index (κ2) is 6.56. The zero-order chi connectivity index (χ0) is 20.7. The minimum absolute atomic E-state index is 0.0308. The number of halogens is 8. The number of hydrogen-bond acceptors (Lipinski definition) is 4. The Morgan fingerprint density at radius 1 is 0.929 bits per heavy atom. The highest BCUT2D eigenvalue weighted by atomic mass is 19.4. The van der Waals surface area contributed by atoms with Gasteiger partial charge < -0.3 is 9.14 Å². The smallest absolute Gasteiger partial charge is 0.456 e. The molecule has 150 valence electrons. The van der Waals surface area contributed by atoms with Crippen LogP contribution in [0.15, 0.2) is 36.9 Å². The standard InChI is InChI=1S/C15H8F8N4O/c16-13(17,15(21,22)23)7-28-12-5-24-9(4-25-12)10-6-27-2-1-8(14(18,19)20)3-11(27)26-10/h1-6H,7H2. The molecule has 3 rings (SSSR count). The molecule has 0 radical (unpaired) electrons. The van der Waals surface area contributed by atoms with Crippen LogP contribution in [0, 0.1) is 0 Å². The molecule has 3 aromatic heterocycles. The SMILES string of the molecule is FC(F)(F)c1ccn2cc(-c3cnc(OCC(F)(F)C(F)(F)F)cn3)nc2c1. The van der Waals surface area contributed by atoms with E-state index in [1.54, 1.807) is 0 Å². The maximum absolute atomic E-state index is 12.8. The summed E-state index contributed by atoms with van der Waals surface area (Å²) in [6.45, 7) is -1.97. The van der Waals surface area contributed by atoms with Gasteiger partial charge in [-0.1, -0.05) is 0 Å². The molecule has 0 spiro atoms. The van der Waals surface area contributed by atoms with Crippen LogP contribution in [-0.4, -0.2) is 38.1 Å². The Labute approximate surface area is 150 Å². The molecule has 0 aliphatic heterocycles. The van der Waals surface area contributed by atoms with Gasteiger partial charge in [0.05, 0.1) is 18.0 Å². The third-order valence-electron chi connectivity index (χ3n) is 3.49. The topological polar surface area (TPSA) is 52.3 Å². The van der Waals surface area contributed by atoms with Gasteiger partial charge in [0.1, 0.15) is 17.0 Å². The van der Waals surface area contributed by atoms with Gasteiger partial charge in [-0.15, -0.1) is 0 Å². The van der Waals surface area contributed by atoms with Gasteiger partial charge in [-0.3, -0.25) is 0 Å². The Balaban J connectivity index is 1.78. The summed E-state index contributed by atoms with van der Waals surface area (Å²) in [6.07, 6.45) is -6.06. The first-order valence-corrected chi connectivity index (χ1v) is 7.32. The van der Waals surface area contributed by atoms with Crippen molar-refractivity contribution in [3.05, 3.63) is 42.5 Å². The molecule has 0 aliphatic rings. The van der Waals surface area contributed by atoms with Crippen LogP contribution >= 0.6 is 0 Å². The van der Waals surface area contributed by atoms with Crippen LogP contribution in [0.5, 0.6) is 5.88 Å². The van der Waals surface area contributed by atoms with Gasteiger partial charge in [0.25, 0.3) is 0 Å². The Kier molecular flexibility index (Phi) is 4.63. The zero-order valence-electron chi connectivity index (χ0n) is 13.4. The summed E-state index contributed by atoms with van der Waals surface area (Å²) in [5.74, 6) is -5.65. The molecule has 28 heavy (non-hydrogen) atoms. The van der Waals surface area contributed by atoms with E-state index >= 15 is 0 Å². The molecule has 0 saturated heterocycles. The van der Waals surface area contributed by atoms with Crippen molar-refractivity contribution in [2.75, 3.05) is 6.61 Å². The lowest BCUT2D eigenvalue weighted by Crippen LogP contribution is -2.41. The van der Waals surface area contributed by atoms with Gasteiger partial charge in [-0.2, -0.15) is 35.1 Å². The molecule has 5 nitrogen and oxygen atoms in total. The van der Waals surface area contributed by atoms with Crippen molar-refractivity contribution in [2.45, 2.75) is 18.3 Å². The van der Waals surface area contributed by atoms with Gasteiger partial charge in [-0.05, 0) is 12.1 Å². The quantitative estimate of drug-likeness (QED) is 0.597. The Hall–Kier alpha value is -2.99. The Morgan fingerprint density at radius 3 is 2.21 bits per heavy atom. The van der Waals surface area contributed by atoms with Gasteiger partial charge in [-0.25, -0.2) is 15.0 Å². The van der Waals surface area contributed by atoms with Gasteiger partial charge in [0, 0.05) is 12.4 Å². The van der Waals surface area contributed by atoms with E-state index in [0.29, 0.717) is 0 Å². The normalized spacial score (nSPS) is 13.1. The predicted molar refractivity (Wildman–Crippen MR) is 77.7 cm³/mol. The first-order chi connectivity index (χ1) is 12.9. The average Bonchev–Trinajstić information content (AvgIpc) is 3.02. The van der Waals surface area contributed by atoms with Crippen molar-refractivity contribution in [3.8, 4) is 17.3 Å². The molecule has 0 unspecified atom stereocenters. The van der Waals surface area contributed by atoms with E-state index in [1.807, 2.05) is 0 Å². The summed E-state index contributed by atoms with van der Waals surface area (Å²) in [6, 6.07) is 1.66. The molecule has 0 aliphatic carbocycles. The lowest BCUT2D eigenvalue weighted by molar-refractivity contribution is -0.290. The maximum Gasteiger partial charge on any atom is 0.456 e. The van der Waals surface area contributed by atoms with Crippen LogP contribution in [0.3, 0.4) is 0 Å². The fraction of sp³-hybridized carbons (Fsp3) is 0.267. The molecule has 0 bridgehead atoms. The summed E-state index contributed by atoms with van der Waals surface area (Å²) >= 11 is 0. The summed E-state index contributed by atoms with van der Waals surface area (Å²) in [5, 5.41) is 0. The first kappa shape index (κ1) is 19.8. The van der Waals surface area contributed by atoms with E-state index in [1.165, 1.54) is 10.6 Å². The van der Waals surface area contributed by atoms with Crippen molar-refractivity contribution in [1.29, 1.82) is 0 Å². The van der Waals surface area contributed by atoms with Crippen LogP contribution in [0.25, 0.3) is 17.0 Å². The summed E-state index contributed by atoms with van der Waals surface area (Å²) in [7, 11) is 0. The largest absolute Gasteiger partial charge is 0.470 e. The van der Waals surface area contributed by atoms with E-state index in [4.69, 9.17) is 0 Å². The van der Waals surface area contributed by atoms with Gasteiger partial charge in [0.15, 0.2) is 6.61 Å². The molecule has 3 aromatic rings. The minimum atomic E-state index is -5.77. The van der Waals surface area contributed by atoms with Crippen molar-refractivity contribution in [2.24, 2.45) is 0 Å². The molecule has 0 atom stereocenters. The fourth-order valence-corrected chi connectivity index (χ4v) is 2.05. The second-order valence-corrected chi connectivity index (χ2v) is 5.54. The van der Waals surface area contributed by atoms with Gasteiger partial charge >= 0.3 is 18.3 Å².